The fourth-order valence-corrected chi connectivity index (χ4v) is 4.36. The van der Waals surface area contributed by atoms with Gasteiger partial charge in [-0.3, -0.25) is 0 Å². The Morgan fingerprint density at radius 1 is 1.63 bits per heavy atom. The minimum Gasteiger partial charge on any atom is -0.378 e. The minimum atomic E-state index is -3.62. The monoisotopic (exact) mass is 307 g/mol. The molecule has 2 rings (SSSR count). The van der Waals surface area contributed by atoms with Crippen molar-refractivity contribution in [2.75, 3.05) is 32.6 Å². The summed E-state index contributed by atoms with van der Waals surface area (Å²) in [5.74, 6) is 0. The second-order valence-corrected chi connectivity index (χ2v) is 7.43. The Hall–Kier alpha value is -0.740. The molecule has 0 spiro atoms. The highest BCUT2D eigenvalue weighted by molar-refractivity contribution is 7.91. The molecule has 1 aromatic heterocycles. The fraction of sp³-hybridized carbons (Fsp3) is 0.700. The highest BCUT2D eigenvalue weighted by Gasteiger charge is 2.36. The zero-order chi connectivity index (χ0) is 14.1. The minimum absolute atomic E-state index is 0.148. The van der Waals surface area contributed by atoms with E-state index in [1.54, 1.807) is 14.0 Å². The SMILES string of the molecule is COC1(CNS(=O)(=O)c2sc(N)nc2C)CCOC1. The number of hydrogen-bond acceptors (Lipinski definition) is 7. The summed E-state index contributed by atoms with van der Waals surface area (Å²) in [7, 11) is -2.06. The highest BCUT2D eigenvalue weighted by atomic mass is 32.2. The van der Waals surface area contributed by atoms with E-state index in [9.17, 15) is 8.42 Å². The second kappa shape index (κ2) is 5.33. The molecule has 3 N–H and O–H groups in total. The largest absolute Gasteiger partial charge is 0.378 e. The molecule has 9 heteroatoms. The summed E-state index contributed by atoms with van der Waals surface area (Å²) in [6, 6.07) is 0. The van der Waals surface area contributed by atoms with Gasteiger partial charge in [0.15, 0.2) is 9.34 Å². The van der Waals surface area contributed by atoms with Crippen molar-refractivity contribution in [1.29, 1.82) is 0 Å². The van der Waals surface area contributed by atoms with E-state index in [0.717, 1.165) is 11.3 Å². The van der Waals surface area contributed by atoms with Crippen molar-refractivity contribution in [3.63, 3.8) is 0 Å². The van der Waals surface area contributed by atoms with Crippen molar-refractivity contribution < 1.29 is 17.9 Å². The second-order valence-electron chi connectivity index (χ2n) is 4.44. The van der Waals surface area contributed by atoms with Crippen molar-refractivity contribution in [3.8, 4) is 0 Å². The summed E-state index contributed by atoms with van der Waals surface area (Å²) in [6.07, 6.45) is 0.663. The standard InChI is InChI=1S/C10H17N3O4S2/c1-7-8(18-9(11)13-7)19(14,15)12-5-10(16-2)3-4-17-6-10/h12H,3-6H2,1-2H3,(H2,11,13). The molecule has 1 saturated heterocycles. The molecule has 1 unspecified atom stereocenters. The molecule has 0 amide bonds. The maximum atomic E-state index is 12.2. The molecule has 1 atom stereocenters. The van der Waals surface area contributed by atoms with Crippen LogP contribution in [0.15, 0.2) is 4.21 Å². The van der Waals surface area contributed by atoms with Crippen LogP contribution in [-0.4, -0.2) is 45.9 Å². The number of nitrogens with zero attached hydrogens (tertiary/aromatic N) is 1. The normalized spacial score (nSPS) is 23.9. The van der Waals surface area contributed by atoms with Gasteiger partial charge in [-0.05, 0) is 6.92 Å². The van der Waals surface area contributed by atoms with Crippen LogP contribution in [-0.2, 0) is 19.5 Å². The van der Waals surface area contributed by atoms with Gasteiger partial charge in [-0.15, -0.1) is 0 Å². The van der Waals surface area contributed by atoms with E-state index in [-0.39, 0.29) is 15.9 Å². The van der Waals surface area contributed by atoms with Crippen molar-refractivity contribution >= 4 is 26.5 Å². The average molecular weight is 307 g/mol. The van der Waals surface area contributed by atoms with Crippen molar-refractivity contribution in [3.05, 3.63) is 5.69 Å². The lowest BCUT2D eigenvalue weighted by Gasteiger charge is -2.25. The quantitative estimate of drug-likeness (QED) is 0.800. The molecule has 0 aromatic carbocycles. The molecule has 19 heavy (non-hydrogen) atoms. The molecule has 0 radical (unpaired) electrons. The van der Waals surface area contributed by atoms with Crippen LogP contribution in [0.2, 0.25) is 0 Å². The fourth-order valence-electron chi connectivity index (χ4n) is 1.91. The Labute approximate surface area is 116 Å². The molecule has 0 saturated carbocycles. The van der Waals surface area contributed by atoms with E-state index >= 15 is 0 Å². The molecule has 0 aliphatic carbocycles. The molecule has 7 nitrogen and oxygen atoms in total. The topological polar surface area (TPSA) is 104 Å². The van der Waals surface area contributed by atoms with E-state index in [1.807, 2.05) is 0 Å². The average Bonchev–Trinajstić information content (AvgIpc) is 2.95. The summed E-state index contributed by atoms with van der Waals surface area (Å²) in [4.78, 5) is 3.92. The third kappa shape index (κ3) is 3.06. The van der Waals surface area contributed by atoms with Gasteiger partial charge >= 0.3 is 0 Å². The van der Waals surface area contributed by atoms with Crippen molar-refractivity contribution in [1.82, 2.24) is 9.71 Å². The first-order chi connectivity index (χ1) is 8.88. The zero-order valence-corrected chi connectivity index (χ0v) is 12.4. The van der Waals surface area contributed by atoms with Crippen LogP contribution in [0.25, 0.3) is 0 Å². The first-order valence-corrected chi connectivity index (χ1v) is 8.04. The number of thiazole rings is 1. The van der Waals surface area contributed by atoms with Crippen molar-refractivity contribution in [2.24, 2.45) is 0 Å². The van der Waals surface area contributed by atoms with Gasteiger partial charge < -0.3 is 15.2 Å². The van der Waals surface area contributed by atoms with Gasteiger partial charge in [-0.2, -0.15) is 0 Å². The summed E-state index contributed by atoms with van der Waals surface area (Å²) in [5, 5.41) is 0.239. The lowest BCUT2D eigenvalue weighted by Crippen LogP contribution is -2.44. The van der Waals surface area contributed by atoms with Crippen LogP contribution >= 0.6 is 11.3 Å². The number of sulfonamides is 1. The van der Waals surface area contributed by atoms with Crippen LogP contribution in [0.3, 0.4) is 0 Å². The summed E-state index contributed by atoms with van der Waals surface area (Å²) < 4.78 is 37.7. The molecule has 1 aliphatic rings. The summed E-state index contributed by atoms with van der Waals surface area (Å²) >= 11 is 0.954. The lowest BCUT2D eigenvalue weighted by atomic mass is 10.0. The van der Waals surface area contributed by atoms with Crippen LogP contribution in [0.1, 0.15) is 12.1 Å². The Kier molecular flexibility index (Phi) is 4.11. The van der Waals surface area contributed by atoms with Gasteiger partial charge in [-0.1, -0.05) is 11.3 Å². The molecule has 1 aromatic rings. The molecule has 0 bridgehead atoms. The number of hydrogen-bond donors (Lipinski definition) is 2. The number of methoxy groups -OCH3 is 1. The van der Waals surface area contributed by atoms with Crippen LogP contribution in [0.4, 0.5) is 5.13 Å². The molecule has 1 aliphatic heterocycles. The van der Waals surface area contributed by atoms with E-state index in [0.29, 0.717) is 25.3 Å². The molecule has 1 fully saturated rings. The molecule has 2 heterocycles. The highest BCUT2D eigenvalue weighted by Crippen LogP contribution is 2.26. The Balaban J connectivity index is 2.12. The van der Waals surface area contributed by atoms with E-state index < -0.39 is 15.6 Å². The van der Waals surface area contributed by atoms with E-state index in [4.69, 9.17) is 15.2 Å². The molecule has 108 valence electrons. The van der Waals surface area contributed by atoms with Gasteiger partial charge in [0.1, 0.15) is 5.60 Å². The number of nitrogens with one attached hydrogen (secondary N) is 1. The van der Waals surface area contributed by atoms with Gasteiger partial charge in [-0.25, -0.2) is 18.1 Å². The predicted octanol–water partition coefficient (Wildman–Crippen LogP) is 0.118. The number of rotatable bonds is 5. The third-order valence-electron chi connectivity index (χ3n) is 3.10. The van der Waals surface area contributed by atoms with Crippen LogP contribution in [0, 0.1) is 6.92 Å². The number of nitrogen functional groups attached to an aromatic ring is 1. The smallest absolute Gasteiger partial charge is 0.252 e. The maximum absolute atomic E-state index is 12.2. The Bertz CT molecular complexity index is 549. The van der Waals surface area contributed by atoms with Crippen molar-refractivity contribution in [2.45, 2.75) is 23.2 Å². The first kappa shape index (κ1) is 14.7. The van der Waals surface area contributed by atoms with Gasteiger partial charge in [0.25, 0.3) is 10.0 Å². The van der Waals surface area contributed by atoms with Crippen LogP contribution < -0.4 is 10.5 Å². The summed E-state index contributed by atoms with van der Waals surface area (Å²) in [5.41, 5.74) is 5.34. The van der Waals surface area contributed by atoms with Gasteiger partial charge in [0, 0.05) is 26.7 Å². The molecular formula is C10H17N3O4S2. The van der Waals surface area contributed by atoms with E-state index in [2.05, 4.69) is 9.71 Å². The van der Waals surface area contributed by atoms with E-state index in [1.165, 1.54) is 0 Å². The number of aryl methyl sites for hydroxylation is 1. The van der Waals surface area contributed by atoms with Gasteiger partial charge in [0.2, 0.25) is 0 Å². The number of anilines is 1. The molecular weight excluding hydrogens is 290 g/mol. The zero-order valence-electron chi connectivity index (χ0n) is 10.8. The third-order valence-corrected chi connectivity index (χ3v) is 6.10. The van der Waals surface area contributed by atoms with Crippen LogP contribution in [0.5, 0.6) is 0 Å². The summed E-state index contributed by atoms with van der Waals surface area (Å²) in [6.45, 7) is 2.74. The first-order valence-electron chi connectivity index (χ1n) is 5.74. The van der Waals surface area contributed by atoms with Gasteiger partial charge in [0.05, 0.1) is 12.3 Å². The maximum Gasteiger partial charge on any atom is 0.252 e. The number of nitrogens with two attached hydrogens (primary N) is 1. The number of ether oxygens (including phenoxy) is 2. The lowest BCUT2D eigenvalue weighted by molar-refractivity contribution is -0.0120. The Morgan fingerprint density at radius 2 is 2.37 bits per heavy atom. The number of aromatic nitrogens is 1. The predicted molar refractivity (Wildman–Crippen MR) is 71.6 cm³/mol. The Morgan fingerprint density at radius 3 is 2.84 bits per heavy atom.